The van der Waals surface area contributed by atoms with Crippen molar-refractivity contribution in [3.63, 3.8) is 0 Å². The fourth-order valence-electron chi connectivity index (χ4n) is 3.99. The largest absolute Gasteiger partial charge is 0.352 e. The van der Waals surface area contributed by atoms with Crippen LogP contribution in [-0.4, -0.2) is 39.6 Å². The standard InChI is InChI=1S/C25H27FN4O2/c26-23-8-4-7-19(13-23)11-12-29-18-22(9-10-24(29)31)25(32)27-14-21-15-28-30(17-21)16-20-5-2-1-3-6-20/h1-8,13,15,17,22H,9-12,14,16,18H2,(H,27,32)/t22-/m1/s1. The van der Waals surface area contributed by atoms with Crippen LogP contribution in [0.2, 0.25) is 0 Å². The number of rotatable bonds is 8. The molecule has 0 aliphatic carbocycles. The Morgan fingerprint density at radius 2 is 1.91 bits per heavy atom. The summed E-state index contributed by atoms with van der Waals surface area (Å²) >= 11 is 0. The van der Waals surface area contributed by atoms with Gasteiger partial charge in [0.25, 0.3) is 0 Å². The summed E-state index contributed by atoms with van der Waals surface area (Å²) in [5.74, 6) is -0.520. The van der Waals surface area contributed by atoms with Gasteiger partial charge >= 0.3 is 0 Å². The van der Waals surface area contributed by atoms with Crippen LogP contribution in [0.3, 0.4) is 0 Å². The maximum Gasteiger partial charge on any atom is 0.225 e. The SMILES string of the molecule is O=C(NCc1cnn(Cc2ccccc2)c1)[C@@H]1CCC(=O)N(CCc2cccc(F)c2)C1. The van der Waals surface area contributed by atoms with Crippen molar-refractivity contribution >= 4 is 11.8 Å². The van der Waals surface area contributed by atoms with Crippen molar-refractivity contribution in [2.75, 3.05) is 13.1 Å². The number of nitrogens with zero attached hydrogens (tertiary/aromatic N) is 3. The summed E-state index contributed by atoms with van der Waals surface area (Å²) in [6.45, 7) is 1.97. The third-order valence-corrected chi connectivity index (χ3v) is 5.77. The minimum atomic E-state index is -0.281. The molecule has 2 amide bonds. The molecule has 1 aliphatic rings. The zero-order valence-corrected chi connectivity index (χ0v) is 17.9. The van der Waals surface area contributed by atoms with Gasteiger partial charge in [-0.25, -0.2) is 4.39 Å². The number of carbonyl (C=O) groups is 2. The number of piperidine rings is 1. The molecule has 1 fully saturated rings. The monoisotopic (exact) mass is 434 g/mol. The van der Waals surface area contributed by atoms with Crippen LogP contribution < -0.4 is 5.32 Å². The van der Waals surface area contributed by atoms with E-state index in [-0.39, 0.29) is 23.5 Å². The minimum Gasteiger partial charge on any atom is -0.352 e. The van der Waals surface area contributed by atoms with E-state index in [9.17, 15) is 14.0 Å². The van der Waals surface area contributed by atoms with Gasteiger partial charge in [0.1, 0.15) is 5.82 Å². The Morgan fingerprint density at radius 3 is 2.72 bits per heavy atom. The Morgan fingerprint density at radius 1 is 1.09 bits per heavy atom. The van der Waals surface area contributed by atoms with Crippen LogP contribution in [0.4, 0.5) is 4.39 Å². The maximum absolute atomic E-state index is 13.4. The fraction of sp³-hybridized carbons (Fsp3) is 0.320. The predicted molar refractivity (Wildman–Crippen MR) is 119 cm³/mol. The summed E-state index contributed by atoms with van der Waals surface area (Å²) in [6, 6.07) is 16.5. The first-order valence-electron chi connectivity index (χ1n) is 10.9. The van der Waals surface area contributed by atoms with E-state index >= 15 is 0 Å². The normalized spacial score (nSPS) is 16.2. The molecule has 1 aliphatic heterocycles. The van der Waals surface area contributed by atoms with E-state index in [1.165, 1.54) is 12.1 Å². The van der Waals surface area contributed by atoms with Gasteiger partial charge in [0.15, 0.2) is 0 Å². The van der Waals surface area contributed by atoms with E-state index < -0.39 is 0 Å². The van der Waals surface area contributed by atoms with Crippen LogP contribution in [0.1, 0.15) is 29.5 Å². The first-order valence-corrected chi connectivity index (χ1v) is 10.9. The van der Waals surface area contributed by atoms with Gasteiger partial charge in [-0.1, -0.05) is 42.5 Å². The van der Waals surface area contributed by atoms with Crippen molar-refractivity contribution in [3.05, 3.63) is 89.5 Å². The topological polar surface area (TPSA) is 67.2 Å². The van der Waals surface area contributed by atoms with E-state index in [1.807, 2.05) is 47.3 Å². The fourth-order valence-corrected chi connectivity index (χ4v) is 3.99. The molecular weight excluding hydrogens is 407 g/mol. The molecule has 7 heteroatoms. The van der Waals surface area contributed by atoms with Crippen molar-refractivity contribution in [2.24, 2.45) is 5.92 Å². The van der Waals surface area contributed by atoms with Crippen LogP contribution >= 0.6 is 0 Å². The zero-order chi connectivity index (χ0) is 22.3. The summed E-state index contributed by atoms with van der Waals surface area (Å²) in [6.07, 6.45) is 5.17. The third kappa shape index (κ3) is 5.81. The highest BCUT2D eigenvalue weighted by Gasteiger charge is 2.29. The molecule has 0 bridgehead atoms. The summed E-state index contributed by atoms with van der Waals surface area (Å²) in [7, 11) is 0. The number of likely N-dealkylation sites (tertiary alicyclic amines) is 1. The van der Waals surface area contributed by atoms with Gasteiger partial charge in [-0.05, 0) is 36.1 Å². The number of carbonyl (C=O) groups excluding carboxylic acids is 2. The Kier molecular flexibility index (Phi) is 6.94. The van der Waals surface area contributed by atoms with E-state index in [1.54, 1.807) is 17.2 Å². The second kappa shape index (κ2) is 10.2. The van der Waals surface area contributed by atoms with Gasteiger partial charge in [0, 0.05) is 37.8 Å². The molecule has 2 heterocycles. The first kappa shape index (κ1) is 21.7. The summed E-state index contributed by atoms with van der Waals surface area (Å²) in [5, 5.41) is 7.35. The molecular formula is C25H27FN4O2. The van der Waals surface area contributed by atoms with Gasteiger partial charge in [-0.15, -0.1) is 0 Å². The zero-order valence-electron chi connectivity index (χ0n) is 17.9. The molecule has 166 valence electrons. The molecule has 0 unspecified atom stereocenters. The highest BCUT2D eigenvalue weighted by atomic mass is 19.1. The van der Waals surface area contributed by atoms with E-state index in [4.69, 9.17) is 0 Å². The van der Waals surface area contributed by atoms with Crippen LogP contribution in [-0.2, 0) is 29.1 Å². The van der Waals surface area contributed by atoms with Crippen molar-refractivity contribution in [2.45, 2.75) is 32.4 Å². The van der Waals surface area contributed by atoms with Gasteiger partial charge in [0.2, 0.25) is 11.8 Å². The number of nitrogens with one attached hydrogen (secondary N) is 1. The average Bonchev–Trinajstić information content (AvgIpc) is 3.25. The van der Waals surface area contributed by atoms with Crippen molar-refractivity contribution in [3.8, 4) is 0 Å². The Hall–Kier alpha value is -3.48. The van der Waals surface area contributed by atoms with Gasteiger partial charge < -0.3 is 10.2 Å². The van der Waals surface area contributed by atoms with E-state index in [0.29, 0.717) is 45.4 Å². The Bertz CT molecular complexity index is 1070. The maximum atomic E-state index is 13.4. The lowest BCUT2D eigenvalue weighted by atomic mass is 9.96. The lowest BCUT2D eigenvalue weighted by Gasteiger charge is -2.32. The van der Waals surface area contributed by atoms with Crippen LogP contribution in [0.5, 0.6) is 0 Å². The van der Waals surface area contributed by atoms with Gasteiger partial charge in [0.05, 0.1) is 18.7 Å². The van der Waals surface area contributed by atoms with Crippen molar-refractivity contribution in [1.82, 2.24) is 20.0 Å². The molecule has 32 heavy (non-hydrogen) atoms. The molecule has 6 nitrogen and oxygen atoms in total. The van der Waals surface area contributed by atoms with E-state index in [0.717, 1.165) is 16.7 Å². The number of amides is 2. The van der Waals surface area contributed by atoms with Crippen LogP contribution in [0, 0.1) is 11.7 Å². The lowest BCUT2D eigenvalue weighted by molar-refractivity contribution is -0.138. The number of benzene rings is 2. The van der Waals surface area contributed by atoms with Gasteiger partial charge in [-0.3, -0.25) is 14.3 Å². The van der Waals surface area contributed by atoms with Crippen LogP contribution in [0.15, 0.2) is 67.0 Å². The molecule has 1 saturated heterocycles. The van der Waals surface area contributed by atoms with Crippen LogP contribution in [0.25, 0.3) is 0 Å². The summed E-state index contributed by atoms with van der Waals surface area (Å²) < 4.78 is 15.2. The predicted octanol–water partition coefficient (Wildman–Crippen LogP) is 3.17. The number of halogens is 1. The van der Waals surface area contributed by atoms with Crippen molar-refractivity contribution < 1.29 is 14.0 Å². The number of aromatic nitrogens is 2. The Balaban J connectivity index is 1.26. The molecule has 2 aromatic carbocycles. The summed E-state index contributed by atoms with van der Waals surface area (Å²) in [4.78, 5) is 26.7. The lowest BCUT2D eigenvalue weighted by Crippen LogP contribution is -2.46. The molecule has 0 saturated carbocycles. The molecule has 0 spiro atoms. The second-order valence-electron chi connectivity index (χ2n) is 8.20. The van der Waals surface area contributed by atoms with E-state index in [2.05, 4.69) is 10.4 Å². The smallest absolute Gasteiger partial charge is 0.225 e. The summed E-state index contributed by atoms with van der Waals surface area (Å²) in [5.41, 5.74) is 2.94. The number of hydrogen-bond acceptors (Lipinski definition) is 3. The molecule has 0 radical (unpaired) electrons. The van der Waals surface area contributed by atoms with Gasteiger partial charge in [-0.2, -0.15) is 5.10 Å². The van der Waals surface area contributed by atoms with Crippen molar-refractivity contribution in [1.29, 1.82) is 0 Å². The molecule has 1 aromatic heterocycles. The molecule has 1 atom stereocenters. The molecule has 3 aromatic rings. The highest BCUT2D eigenvalue weighted by molar-refractivity contribution is 5.83. The quantitative estimate of drug-likeness (QED) is 0.592. The molecule has 1 N–H and O–H groups in total. The number of hydrogen-bond donors (Lipinski definition) is 1. The average molecular weight is 435 g/mol. The second-order valence-corrected chi connectivity index (χ2v) is 8.20. The third-order valence-electron chi connectivity index (χ3n) is 5.77. The Labute approximate surface area is 187 Å². The first-order chi connectivity index (χ1) is 15.6. The molecule has 4 rings (SSSR count). The highest BCUT2D eigenvalue weighted by Crippen LogP contribution is 2.19. The minimum absolute atomic E-state index is 0.0487.